The SMILES string of the molecule is Cn1c(NC2CC2c2cccc(Cl)c2)c(C#N)c(=O)n(C)c1=O. The highest BCUT2D eigenvalue weighted by Gasteiger charge is 2.39. The van der Waals surface area contributed by atoms with E-state index >= 15 is 0 Å². The van der Waals surface area contributed by atoms with Crippen molar-refractivity contribution in [2.24, 2.45) is 14.1 Å². The Morgan fingerprint density at radius 2 is 2.04 bits per heavy atom. The molecule has 118 valence electrons. The van der Waals surface area contributed by atoms with Crippen LogP contribution in [0.2, 0.25) is 5.02 Å². The van der Waals surface area contributed by atoms with Gasteiger partial charge in [-0.25, -0.2) is 4.79 Å². The van der Waals surface area contributed by atoms with E-state index in [-0.39, 0.29) is 23.3 Å². The van der Waals surface area contributed by atoms with E-state index in [1.54, 1.807) is 7.05 Å². The van der Waals surface area contributed by atoms with Crippen LogP contribution in [-0.4, -0.2) is 15.2 Å². The highest BCUT2D eigenvalue weighted by Crippen LogP contribution is 2.43. The zero-order chi connectivity index (χ0) is 16.7. The number of benzene rings is 1. The molecule has 2 atom stereocenters. The van der Waals surface area contributed by atoms with Crippen LogP contribution in [0.25, 0.3) is 0 Å². The number of rotatable bonds is 3. The Morgan fingerprint density at radius 1 is 1.30 bits per heavy atom. The second-order valence-corrected chi connectivity index (χ2v) is 6.13. The molecule has 6 nitrogen and oxygen atoms in total. The van der Waals surface area contributed by atoms with Crippen LogP contribution in [0, 0.1) is 11.3 Å². The van der Waals surface area contributed by atoms with Crippen LogP contribution in [0.15, 0.2) is 33.9 Å². The van der Waals surface area contributed by atoms with Crippen molar-refractivity contribution in [1.29, 1.82) is 5.26 Å². The Bertz CT molecular complexity index is 939. The fourth-order valence-corrected chi connectivity index (χ4v) is 2.95. The third-order valence-corrected chi connectivity index (χ3v) is 4.40. The van der Waals surface area contributed by atoms with E-state index in [0.29, 0.717) is 5.02 Å². The molecule has 3 rings (SSSR count). The van der Waals surface area contributed by atoms with Gasteiger partial charge in [0.25, 0.3) is 5.56 Å². The first-order valence-corrected chi connectivity index (χ1v) is 7.54. The normalized spacial score (nSPS) is 19.2. The highest BCUT2D eigenvalue weighted by atomic mass is 35.5. The summed E-state index contributed by atoms with van der Waals surface area (Å²) >= 11 is 6.00. The molecule has 2 aromatic rings. The standard InChI is InChI=1S/C16H15ClN4O2/c1-20-14(12(8-18)15(22)21(2)16(20)23)19-13-7-11(13)9-4-3-5-10(17)6-9/h3-6,11,13,19H,7H2,1-2H3. The van der Waals surface area contributed by atoms with Crippen molar-refractivity contribution < 1.29 is 0 Å². The van der Waals surface area contributed by atoms with Gasteiger partial charge in [0.2, 0.25) is 0 Å². The molecule has 1 fully saturated rings. The van der Waals surface area contributed by atoms with E-state index in [2.05, 4.69) is 5.32 Å². The topological polar surface area (TPSA) is 79.8 Å². The van der Waals surface area contributed by atoms with Crippen LogP contribution < -0.4 is 16.6 Å². The summed E-state index contributed by atoms with van der Waals surface area (Å²) in [6.45, 7) is 0. The quantitative estimate of drug-likeness (QED) is 0.926. The summed E-state index contributed by atoms with van der Waals surface area (Å²) in [5.74, 6) is 0.523. The molecule has 0 spiro atoms. The van der Waals surface area contributed by atoms with E-state index in [9.17, 15) is 14.9 Å². The van der Waals surface area contributed by atoms with Crippen molar-refractivity contribution in [3.63, 3.8) is 0 Å². The molecule has 0 radical (unpaired) electrons. The minimum Gasteiger partial charge on any atom is -0.367 e. The third-order valence-electron chi connectivity index (χ3n) is 4.17. The molecule has 1 saturated carbocycles. The van der Waals surface area contributed by atoms with Gasteiger partial charge in [0, 0.05) is 31.1 Å². The second-order valence-electron chi connectivity index (χ2n) is 5.69. The fraction of sp³-hybridized carbons (Fsp3) is 0.312. The second kappa shape index (κ2) is 5.60. The number of nitrogens with one attached hydrogen (secondary N) is 1. The van der Waals surface area contributed by atoms with Crippen LogP contribution in [0.1, 0.15) is 23.5 Å². The van der Waals surface area contributed by atoms with Gasteiger partial charge in [-0.1, -0.05) is 23.7 Å². The lowest BCUT2D eigenvalue weighted by Gasteiger charge is -2.13. The Labute approximate surface area is 137 Å². The zero-order valence-corrected chi connectivity index (χ0v) is 13.5. The van der Waals surface area contributed by atoms with Crippen LogP contribution in [0.5, 0.6) is 0 Å². The predicted octanol–water partition coefficient (Wildman–Crippen LogP) is 1.58. The average Bonchev–Trinajstić information content (AvgIpc) is 3.30. The summed E-state index contributed by atoms with van der Waals surface area (Å²) in [4.78, 5) is 24.1. The smallest absolute Gasteiger partial charge is 0.332 e. The molecule has 23 heavy (non-hydrogen) atoms. The first-order chi connectivity index (χ1) is 10.9. The van der Waals surface area contributed by atoms with Crippen molar-refractivity contribution in [2.45, 2.75) is 18.4 Å². The first kappa shape index (κ1) is 15.4. The van der Waals surface area contributed by atoms with Gasteiger partial charge < -0.3 is 5.32 Å². The number of aromatic nitrogens is 2. The van der Waals surface area contributed by atoms with Crippen molar-refractivity contribution in [3.8, 4) is 6.07 Å². The van der Waals surface area contributed by atoms with E-state index in [4.69, 9.17) is 11.6 Å². The summed E-state index contributed by atoms with van der Waals surface area (Å²) in [5, 5.41) is 13.1. The van der Waals surface area contributed by atoms with Crippen LogP contribution in [0.3, 0.4) is 0 Å². The van der Waals surface area contributed by atoms with E-state index in [1.165, 1.54) is 11.6 Å². The van der Waals surface area contributed by atoms with E-state index < -0.39 is 11.2 Å². The van der Waals surface area contributed by atoms with Gasteiger partial charge in [-0.2, -0.15) is 5.26 Å². The number of nitriles is 1. The summed E-state index contributed by atoms with van der Waals surface area (Å²) < 4.78 is 2.23. The maximum Gasteiger partial charge on any atom is 0.332 e. The third kappa shape index (κ3) is 2.64. The molecule has 1 aliphatic carbocycles. The molecule has 0 aliphatic heterocycles. The van der Waals surface area contributed by atoms with Gasteiger partial charge in [-0.3, -0.25) is 13.9 Å². The Balaban J connectivity index is 1.93. The summed E-state index contributed by atoms with van der Waals surface area (Å²) in [6.07, 6.45) is 0.856. The van der Waals surface area contributed by atoms with Crippen LogP contribution in [0.4, 0.5) is 5.82 Å². The molecule has 1 aromatic heterocycles. The molecule has 1 aromatic carbocycles. The molecule has 0 amide bonds. The molecular formula is C16H15ClN4O2. The lowest BCUT2D eigenvalue weighted by molar-refractivity contribution is 0.684. The van der Waals surface area contributed by atoms with Crippen molar-refractivity contribution in [2.75, 3.05) is 5.32 Å². The van der Waals surface area contributed by atoms with Crippen LogP contribution in [-0.2, 0) is 14.1 Å². The Morgan fingerprint density at radius 3 is 2.70 bits per heavy atom. The minimum atomic E-state index is -0.585. The lowest BCUT2D eigenvalue weighted by atomic mass is 10.1. The number of hydrogen-bond acceptors (Lipinski definition) is 4. The molecule has 0 bridgehead atoms. The molecule has 7 heteroatoms. The largest absolute Gasteiger partial charge is 0.367 e. The van der Waals surface area contributed by atoms with Gasteiger partial charge in [0.15, 0.2) is 5.56 Å². The van der Waals surface area contributed by atoms with Gasteiger partial charge in [0.05, 0.1) is 0 Å². The lowest BCUT2D eigenvalue weighted by Crippen LogP contribution is -2.40. The molecular weight excluding hydrogens is 316 g/mol. The van der Waals surface area contributed by atoms with Gasteiger partial charge >= 0.3 is 5.69 Å². The monoisotopic (exact) mass is 330 g/mol. The van der Waals surface area contributed by atoms with Crippen molar-refractivity contribution in [3.05, 3.63) is 61.3 Å². The zero-order valence-electron chi connectivity index (χ0n) is 12.7. The number of halogens is 1. The predicted molar refractivity (Wildman–Crippen MR) is 87.9 cm³/mol. The van der Waals surface area contributed by atoms with E-state index in [1.807, 2.05) is 30.3 Å². The van der Waals surface area contributed by atoms with Crippen molar-refractivity contribution >= 4 is 17.4 Å². The summed E-state index contributed by atoms with van der Waals surface area (Å²) in [6, 6.07) is 9.56. The molecule has 1 N–H and O–H groups in total. The summed E-state index contributed by atoms with van der Waals surface area (Å²) in [7, 11) is 2.91. The first-order valence-electron chi connectivity index (χ1n) is 7.16. The Hall–Kier alpha value is -2.52. The number of nitrogens with zero attached hydrogens (tertiary/aromatic N) is 3. The molecule has 1 aliphatic rings. The molecule has 1 heterocycles. The van der Waals surface area contributed by atoms with Gasteiger partial charge in [-0.15, -0.1) is 0 Å². The maximum atomic E-state index is 12.1. The average molecular weight is 331 g/mol. The minimum absolute atomic E-state index is 0.0497. The highest BCUT2D eigenvalue weighted by molar-refractivity contribution is 6.30. The molecule has 2 unspecified atom stereocenters. The van der Waals surface area contributed by atoms with Gasteiger partial charge in [0.1, 0.15) is 11.9 Å². The van der Waals surface area contributed by atoms with Crippen LogP contribution >= 0.6 is 11.6 Å². The van der Waals surface area contributed by atoms with Gasteiger partial charge in [-0.05, 0) is 24.1 Å². The number of hydrogen-bond donors (Lipinski definition) is 1. The van der Waals surface area contributed by atoms with Crippen molar-refractivity contribution in [1.82, 2.24) is 9.13 Å². The maximum absolute atomic E-state index is 12.1. The number of anilines is 1. The molecule has 0 saturated heterocycles. The summed E-state index contributed by atoms with van der Waals surface area (Å²) in [5.41, 5.74) is 0.00296. The Kier molecular flexibility index (Phi) is 3.74. The van der Waals surface area contributed by atoms with E-state index in [0.717, 1.165) is 16.6 Å². The fourth-order valence-electron chi connectivity index (χ4n) is 2.75.